The summed E-state index contributed by atoms with van der Waals surface area (Å²) in [6.07, 6.45) is 0. The number of aryl methyl sites for hydroxylation is 1. The molecule has 2 aromatic carbocycles. The quantitative estimate of drug-likeness (QED) is 0.585. The maximum absolute atomic E-state index is 13.5. The summed E-state index contributed by atoms with van der Waals surface area (Å²) in [6, 6.07) is 13.6. The van der Waals surface area contributed by atoms with Crippen molar-refractivity contribution in [3.63, 3.8) is 0 Å². The average molecular weight is 293 g/mol. The fourth-order valence-corrected chi connectivity index (χ4v) is 2.69. The van der Waals surface area contributed by atoms with Crippen molar-refractivity contribution in [2.45, 2.75) is 6.92 Å². The minimum atomic E-state index is -0.309. The van der Waals surface area contributed by atoms with E-state index in [0.29, 0.717) is 22.3 Å². The molecule has 2 heterocycles. The van der Waals surface area contributed by atoms with Gasteiger partial charge in [-0.2, -0.15) is 5.10 Å². The van der Waals surface area contributed by atoms with Crippen molar-refractivity contribution in [3.05, 3.63) is 70.3 Å². The normalized spacial score (nSPS) is 11.4. The standard InChI is InChI=1S/C17H12FN3O/c1-10-6-7-11(18)8-13(10)14-9-16-19-17(22)12-4-2-3-5-15(12)21(16)20-14/h2-9H,1H3,(H,19,22). The van der Waals surface area contributed by atoms with E-state index >= 15 is 0 Å². The summed E-state index contributed by atoms with van der Waals surface area (Å²) in [7, 11) is 0. The van der Waals surface area contributed by atoms with Crippen LogP contribution >= 0.6 is 0 Å². The lowest BCUT2D eigenvalue weighted by molar-refractivity contribution is 0.628. The van der Waals surface area contributed by atoms with Gasteiger partial charge in [-0.3, -0.25) is 4.79 Å². The molecular weight excluding hydrogens is 281 g/mol. The second kappa shape index (κ2) is 4.53. The van der Waals surface area contributed by atoms with Crippen molar-refractivity contribution in [3.8, 4) is 11.3 Å². The molecule has 4 aromatic rings. The Morgan fingerprint density at radius 2 is 1.95 bits per heavy atom. The summed E-state index contributed by atoms with van der Waals surface area (Å²) < 4.78 is 15.2. The molecule has 0 unspecified atom stereocenters. The number of aromatic amines is 1. The van der Waals surface area contributed by atoms with E-state index in [1.807, 2.05) is 25.1 Å². The Labute approximate surface area is 124 Å². The van der Waals surface area contributed by atoms with Crippen LogP contribution in [0.3, 0.4) is 0 Å². The lowest BCUT2D eigenvalue weighted by Crippen LogP contribution is -2.09. The zero-order chi connectivity index (χ0) is 15.3. The molecule has 0 atom stereocenters. The lowest BCUT2D eigenvalue weighted by atomic mass is 10.1. The van der Waals surface area contributed by atoms with Gasteiger partial charge in [0.05, 0.1) is 16.6 Å². The average Bonchev–Trinajstić information content (AvgIpc) is 2.94. The van der Waals surface area contributed by atoms with Gasteiger partial charge < -0.3 is 4.98 Å². The van der Waals surface area contributed by atoms with Gasteiger partial charge in [0.1, 0.15) is 11.5 Å². The molecule has 108 valence electrons. The van der Waals surface area contributed by atoms with E-state index in [-0.39, 0.29) is 11.4 Å². The number of rotatable bonds is 1. The van der Waals surface area contributed by atoms with Gasteiger partial charge in [0.2, 0.25) is 0 Å². The predicted octanol–water partition coefficient (Wildman–Crippen LogP) is 3.29. The van der Waals surface area contributed by atoms with Gasteiger partial charge in [-0.15, -0.1) is 0 Å². The smallest absolute Gasteiger partial charge is 0.259 e. The third-order valence-corrected chi connectivity index (χ3v) is 3.80. The molecular formula is C17H12FN3O. The largest absolute Gasteiger partial charge is 0.306 e. The number of benzene rings is 2. The molecule has 1 N–H and O–H groups in total. The number of hydrogen-bond donors (Lipinski definition) is 1. The molecule has 2 aromatic heterocycles. The van der Waals surface area contributed by atoms with Crippen LogP contribution in [0.2, 0.25) is 0 Å². The summed E-state index contributed by atoms with van der Waals surface area (Å²) in [5.74, 6) is -0.309. The highest BCUT2D eigenvalue weighted by Crippen LogP contribution is 2.24. The molecule has 22 heavy (non-hydrogen) atoms. The summed E-state index contributed by atoms with van der Waals surface area (Å²) >= 11 is 0. The first-order valence-corrected chi connectivity index (χ1v) is 6.91. The third kappa shape index (κ3) is 1.83. The van der Waals surface area contributed by atoms with Crippen LogP contribution in [0.5, 0.6) is 0 Å². The molecule has 0 aliphatic heterocycles. The highest BCUT2D eigenvalue weighted by atomic mass is 19.1. The minimum absolute atomic E-state index is 0.162. The van der Waals surface area contributed by atoms with Crippen LogP contribution in [0.1, 0.15) is 5.56 Å². The molecule has 0 aliphatic rings. The molecule has 5 heteroatoms. The van der Waals surface area contributed by atoms with Gasteiger partial charge in [-0.05, 0) is 36.8 Å². The number of aromatic nitrogens is 3. The van der Waals surface area contributed by atoms with Crippen LogP contribution in [0.4, 0.5) is 4.39 Å². The van der Waals surface area contributed by atoms with Crippen LogP contribution in [0, 0.1) is 12.7 Å². The Hall–Kier alpha value is -2.95. The SMILES string of the molecule is Cc1ccc(F)cc1-c1cc2[nH]c(=O)c3ccccc3n2n1. The molecule has 0 spiro atoms. The second-order valence-electron chi connectivity index (χ2n) is 5.26. The fraction of sp³-hybridized carbons (Fsp3) is 0.0588. The van der Waals surface area contributed by atoms with Crippen LogP contribution < -0.4 is 5.56 Å². The number of halogens is 1. The van der Waals surface area contributed by atoms with Gasteiger partial charge in [0.15, 0.2) is 0 Å². The number of fused-ring (bicyclic) bond motifs is 3. The second-order valence-corrected chi connectivity index (χ2v) is 5.26. The van der Waals surface area contributed by atoms with E-state index in [2.05, 4.69) is 10.1 Å². The van der Waals surface area contributed by atoms with Crippen molar-refractivity contribution < 1.29 is 4.39 Å². The summed E-state index contributed by atoms with van der Waals surface area (Å²) in [4.78, 5) is 14.9. The van der Waals surface area contributed by atoms with E-state index in [0.717, 1.165) is 11.1 Å². The summed E-state index contributed by atoms with van der Waals surface area (Å²) in [5.41, 5.74) is 3.42. The first kappa shape index (κ1) is 12.8. The summed E-state index contributed by atoms with van der Waals surface area (Å²) in [6.45, 7) is 1.90. The van der Waals surface area contributed by atoms with E-state index in [1.165, 1.54) is 12.1 Å². The summed E-state index contributed by atoms with van der Waals surface area (Å²) in [5, 5.41) is 5.10. The van der Waals surface area contributed by atoms with Crippen molar-refractivity contribution >= 4 is 16.6 Å². The molecule has 0 fully saturated rings. The Kier molecular flexibility index (Phi) is 2.63. The van der Waals surface area contributed by atoms with E-state index in [1.54, 1.807) is 22.7 Å². The van der Waals surface area contributed by atoms with Crippen molar-refractivity contribution in [1.29, 1.82) is 0 Å². The molecule has 0 radical (unpaired) electrons. The van der Waals surface area contributed by atoms with Crippen LogP contribution in [-0.2, 0) is 0 Å². The Balaban J connectivity index is 2.08. The number of para-hydroxylation sites is 1. The molecule has 4 nitrogen and oxygen atoms in total. The topological polar surface area (TPSA) is 50.2 Å². The highest BCUT2D eigenvalue weighted by Gasteiger charge is 2.11. The predicted molar refractivity (Wildman–Crippen MR) is 83.4 cm³/mol. The number of nitrogens with zero attached hydrogens (tertiary/aromatic N) is 2. The first-order chi connectivity index (χ1) is 10.6. The number of H-pyrrole nitrogens is 1. The monoisotopic (exact) mass is 293 g/mol. The van der Waals surface area contributed by atoms with Gasteiger partial charge in [0.25, 0.3) is 5.56 Å². The first-order valence-electron chi connectivity index (χ1n) is 6.91. The molecule has 0 saturated carbocycles. The molecule has 0 bridgehead atoms. The molecule has 0 amide bonds. The van der Waals surface area contributed by atoms with Crippen molar-refractivity contribution in [2.75, 3.05) is 0 Å². The lowest BCUT2D eigenvalue weighted by Gasteiger charge is -2.02. The van der Waals surface area contributed by atoms with Gasteiger partial charge in [-0.25, -0.2) is 8.91 Å². The van der Waals surface area contributed by atoms with Crippen LogP contribution in [0.15, 0.2) is 53.3 Å². The van der Waals surface area contributed by atoms with Gasteiger partial charge in [0, 0.05) is 11.6 Å². The molecule has 0 saturated heterocycles. The maximum atomic E-state index is 13.5. The van der Waals surface area contributed by atoms with Crippen molar-refractivity contribution in [2.24, 2.45) is 0 Å². The van der Waals surface area contributed by atoms with Crippen LogP contribution in [0.25, 0.3) is 27.8 Å². The highest BCUT2D eigenvalue weighted by molar-refractivity contribution is 5.81. The molecule has 0 aliphatic carbocycles. The Bertz CT molecular complexity index is 1080. The third-order valence-electron chi connectivity index (χ3n) is 3.80. The van der Waals surface area contributed by atoms with E-state index in [9.17, 15) is 9.18 Å². The Morgan fingerprint density at radius 3 is 2.82 bits per heavy atom. The van der Waals surface area contributed by atoms with Crippen molar-refractivity contribution in [1.82, 2.24) is 14.6 Å². The zero-order valence-electron chi connectivity index (χ0n) is 11.8. The number of hydrogen-bond acceptors (Lipinski definition) is 2. The minimum Gasteiger partial charge on any atom is -0.306 e. The van der Waals surface area contributed by atoms with Gasteiger partial charge in [-0.1, -0.05) is 18.2 Å². The fourth-order valence-electron chi connectivity index (χ4n) is 2.69. The van der Waals surface area contributed by atoms with Gasteiger partial charge >= 0.3 is 0 Å². The maximum Gasteiger partial charge on any atom is 0.259 e. The van der Waals surface area contributed by atoms with Crippen LogP contribution in [-0.4, -0.2) is 14.6 Å². The van der Waals surface area contributed by atoms with E-state index < -0.39 is 0 Å². The van der Waals surface area contributed by atoms with E-state index in [4.69, 9.17) is 0 Å². The number of nitrogens with one attached hydrogen (secondary N) is 1. The Morgan fingerprint density at radius 1 is 1.14 bits per heavy atom. The zero-order valence-corrected chi connectivity index (χ0v) is 11.8. The molecule has 4 rings (SSSR count).